The van der Waals surface area contributed by atoms with E-state index < -0.39 is 17.9 Å². The minimum absolute atomic E-state index is 0.0834. The molecule has 0 saturated carbocycles. The number of carboxylic acid groups (broad SMARTS) is 2. The number of ketones is 2. The van der Waals surface area contributed by atoms with E-state index in [-0.39, 0.29) is 41.1 Å². The average molecular weight is 558 g/mol. The van der Waals surface area contributed by atoms with E-state index >= 15 is 0 Å². The molecular weight excluding hydrogens is 522 g/mol. The predicted octanol–water partition coefficient (Wildman–Crippen LogP) is 5.73. The van der Waals surface area contributed by atoms with Crippen molar-refractivity contribution in [2.45, 2.75) is 65.9 Å². The van der Waals surface area contributed by atoms with Crippen LogP contribution in [0.25, 0.3) is 0 Å². The molecule has 0 spiro atoms. The Hall–Kier alpha value is -4.20. The number of nitrogens with zero attached hydrogens (tertiary/aromatic N) is 1. The number of aliphatic carboxylic acids is 1. The quantitative estimate of drug-likeness (QED) is 0.443. The highest BCUT2D eigenvalue weighted by molar-refractivity contribution is 6.07. The molecule has 1 heterocycles. The molecule has 0 radical (unpaired) electrons. The number of ether oxygens (including phenoxy) is 1. The number of carboxylic acids is 2. The van der Waals surface area contributed by atoms with Gasteiger partial charge in [-0.25, -0.2) is 4.79 Å². The van der Waals surface area contributed by atoms with Gasteiger partial charge in [-0.05, 0) is 47.4 Å². The Bertz CT molecular complexity index is 1460. The second kappa shape index (κ2) is 10.3. The van der Waals surface area contributed by atoms with Gasteiger partial charge < -0.3 is 19.8 Å². The molecular formula is C33H35NO7. The summed E-state index contributed by atoms with van der Waals surface area (Å²) in [7, 11) is 0. The zero-order valence-electron chi connectivity index (χ0n) is 23.8. The maximum Gasteiger partial charge on any atom is 0.335 e. The van der Waals surface area contributed by atoms with E-state index in [4.69, 9.17) is 4.74 Å². The van der Waals surface area contributed by atoms with Crippen molar-refractivity contribution in [3.63, 3.8) is 0 Å². The van der Waals surface area contributed by atoms with E-state index in [9.17, 15) is 29.4 Å². The molecule has 0 atom stereocenters. The van der Waals surface area contributed by atoms with Crippen LogP contribution in [0, 0.1) is 10.8 Å². The summed E-state index contributed by atoms with van der Waals surface area (Å²) >= 11 is 0. The maximum atomic E-state index is 13.9. The fraction of sp³-hybridized carbons (Fsp3) is 0.394. The van der Waals surface area contributed by atoms with Gasteiger partial charge in [0.1, 0.15) is 18.9 Å². The Labute approximate surface area is 239 Å². The molecule has 8 nitrogen and oxygen atoms in total. The molecule has 0 fully saturated rings. The van der Waals surface area contributed by atoms with Crippen molar-refractivity contribution >= 4 is 23.5 Å². The van der Waals surface area contributed by atoms with Crippen molar-refractivity contribution in [3.8, 4) is 5.75 Å². The lowest BCUT2D eigenvalue weighted by Crippen LogP contribution is -2.45. The first-order chi connectivity index (χ1) is 19.3. The van der Waals surface area contributed by atoms with Crippen molar-refractivity contribution in [3.05, 3.63) is 87.8 Å². The highest BCUT2D eigenvalue weighted by atomic mass is 16.5. The van der Waals surface area contributed by atoms with Gasteiger partial charge in [0.2, 0.25) is 0 Å². The van der Waals surface area contributed by atoms with Crippen molar-refractivity contribution in [2.75, 3.05) is 6.54 Å². The molecule has 2 aromatic carbocycles. The van der Waals surface area contributed by atoms with E-state index in [1.807, 2.05) is 45.9 Å². The van der Waals surface area contributed by atoms with Crippen LogP contribution in [0.5, 0.6) is 5.75 Å². The highest BCUT2D eigenvalue weighted by Crippen LogP contribution is 2.55. The highest BCUT2D eigenvalue weighted by Gasteiger charge is 2.49. The van der Waals surface area contributed by atoms with E-state index in [0.717, 1.165) is 5.56 Å². The molecule has 0 saturated heterocycles. The number of aromatic carboxylic acids is 1. The molecule has 3 aliphatic rings. The molecule has 2 aromatic rings. The molecule has 214 valence electrons. The van der Waals surface area contributed by atoms with Crippen LogP contribution in [-0.2, 0) is 21.0 Å². The van der Waals surface area contributed by atoms with Crippen molar-refractivity contribution in [2.24, 2.45) is 10.8 Å². The minimum Gasteiger partial charge on any atom is -0.489 e. The Morgan fingerprint density at radius 1 is 0.829 bits per heavy atom. The molecule has 2 aliphatic carbocycles. The van der Waals surface area contributed by atoms with Gasteiger partial charge >= 0.3 is 11.9 Å². The summed E-state index contributed by atoms with van der Waals surface area (Å²) in [5.41, 5.74) is 3.25. The number of hydrogen-bond donors (Lipinski definition) is 2. The number of hydrogen-bond acceptors (Lipinski definition) is 6. The third kappa shape index (κ3) is 5.56. The molecule has 0 aromatic heterocycles. The van der Waals surface area contributed by atoms with Crippen LogP contribution in [0.2, 0.25) is 0 Å². The first kappa shape index (κ1) is 28.3. The van der Waals surface area contributed by atoms with Gasteiger partial charge in [-0.15, -0.1) is 0 Å². The van der Waals surface area contributed by atoms with Gasteiger partial charge in [-0.2, -0.15) is 0 Å². The lowest BCUT2D eigenvalue weighted by molar-refractivity contribution is -0.138. The lowest BCUT2D eigenvalue weighted by atomic mass is 9.63. The SMILES string of the molecule is CC1(C)CC(=O)C2=C(C1)N(CC(=O)O)C1=C(C(=O)CC(C)(C)C1)C2c1ccccc1OCc1ccc(C(=O)O)cc1. The summed E-state index contributed by atoms with van der Waals surface area (Å²) in [6.45, 7) is 7.88. The number of carbonyl (C=O) groups is 4. The lowest BCUT2D eigenvalue weighted by Gasteiger charge is -2.48. The van der Waals surface area contributed by atoms with Crippen LogP contribution < -0.4 is 4.74 Å². The number of carbonyl (C=O) groups excluding carboxylic acids is 2. The van der Waals surface area contributed by atoms with Gasteiger partial charge in [0, 0.05) is 46.9 Å². The number of allylic oxidation sites excluding steroid dienone is 4. The zero-order chi connectivity index (χ0) is 29.7. The summed E-state index contributed by atoms with van der Waals surface area (Å²) in [4.78, 5) is 52.8. The molecule has 8 heteroatoms. The van der Waals surface area contributed by atoms with Gasteiger partial charge in [-0.3, -0.25) is 14.4 Å². The zero-order valence-corrected chi connectivity index (χ0v) is 23.8. The number of para-hydroxylation sites is 1. The first-order valence-corrected chi connectivity index (χ1v) is 13.8. The summed E-state index contributed by atoms with van der Waals surface area (Å²) in [6, 6.07) is 13.8. The standard InChI is InChI=1S/C33H35NO7/c1-32(2)13-22-29(24(35)15-32)28(30-23(34(22)17-27(37)38)14-33(3,4)16-25(30)36)21-7-5-6-8-26(21)41-18-19-9-11-20(12-10-19)31(39)40/h5-12,28H,13-18H2,1-4H3,(H,37,38)(H,39,40). The predicted molar refractivity (Wildman–Crippen MR) is 151 cm³/mol. The Kier molecular flexibility index (Phi) is 7.14. The number of Topliss-reactive ketones (excluding diaryl/α,β-unsaturated/α-hetero) is 2. The van der Waals surface area contributed by atoms with Gasteiger partial charge in [-0.1, -0.05) is 58.0 Å². The minimum atomic E-state index is -1.02. The topological polar surface area (TPSA) is 121 Å². The molecule has 1 aliphatic heterocycles. The van der Waals surface area contributed by atoms with Crippen LogP contribution in [0.4, 0.5) is 0 Å². The smallest absolute Gasteiger partial charge is 0.335 e. The van der Waals surface area contributed by atoms with E-state index in [1.165, 1.54) is 12.1 Å². The first-order valence-electron chi connectivity index (χ1n) is 13.8. The number of benzene rings is 2. The summed E-state index contributed by atoms with van der Waals surface area (Å²) in [6.07, 6.45) is 1.62. The van der Waals surface area contributed by atoms with Crippen LogP contribution in [0.15, 0.2) is 71.1 Å². The summed E-state index contributed by atoms with van der Waals surface area (Å²) in [5, 5.41) is 19.1. The van der Waals surface area contributed by atoms with Crippen LogP contribution >= 0.6 is 0 Å². The average Bonchev–Trinajstić information content (AvgIpc) is 2.87. The van der Waals surface area contributed by atoms with E-state index in [2.05, 4.69) is 0 Å². The Balaban J connectivity index is 1.64. The third-order valence-corrected chi connectivity index (χ3v) is 8.14. The summed E-state index contributed by atoms with van der Waals surface area (Å²) in [5.74, 6) is -2.35. The van der Waals surface area contributed by atoms with Gasteiger partial charge in [0.25, 0.3) is 0 Å². The molecule has 5 rings (SSSR count). The van der Waals surface area contributed by atoms with Gasteiger partial charge in [0.15, 0.2) is 11.6 Å². The fourth-order valence-corrected chi connectivity index (χ4v) is 6.44. The Morgan fingerprint density at radius 3 is 1.88 bits per heavy atom. The molecule has 0 bridgehead atoms. The van der Waals surface area contributed by atoms with Crippen LogP contribution in [0.1, 0.15) is 80.8 Å². The number of rotatable bonds is 7. The third-order valence-electron chi connectivity index (χ3n) is 8.14. The van der Waals surface area contributed by atoms with Crippen molar-refractivity contribution in [1.29, 1.82) is 0 Å². The second-order valence-corrected chi connectivity index (χ2v) is 12.8. The maximum absolute atomic E-state index is 13.9. The molecule has 0 unspecified atom stereocenters. The van der Waals surface area contributed by atoms with E-state index in [0.29, 0.717) is 59.5 Å². The molecule has 0 amide bonds. The monoisotopic (exact) mass is 557 g/mol. The van der Waals surface area contributed by atoms with Crippen molar-refractivity contribution < 1.29 is 34.1 Å². The fourth-order valence-electron chi connectivity index (χ4n) is 6.44. The normalized spacial score (nSPS) is 20.0. The molecule has 41 heavy (non-hydrogen) atoms. The molecule has 2 N–H and O–H groups in total. The van der Waals surface area contributed by atoms with E-state index in [1.54, 1.807) is 23.1 Å². The van der Waals surface area contributed by atoms with Crippen LogP contribution in [0.3, 0.4) is 0 Å². The largest absolute Gasteiger partial charge is 0.489 e. The summed E-state index contributed by atoms with van der Waals surface area (Å²) < 4.78 is 6.26. The van der Waals surface area contributed by atoms with Crippen molar-refractivity contribution in [1.82, 2.24) is 4.90 Å². The Morgan fingerprint density at radius 2 is 1.37 bits per heavy atom. The van der Waals surface area contributed by atoms with Gasteiger partial charge in [0.05, 0.1) is 5.56 Å². The van der Waals surface area contributed by atoms with Crippen LogP contribution in [-0.4, -0.2) is 45.2 Å². The second-order valence-electron chi connectivity index (χ2n) is 12.8.